The molecule has 3 aromatic rings. The molecule has 188 valence electrons. The Bertz CT molecular complexity index is 1320. The van der Waals surface area contributed by atoms with Gasteiger partial charge in [-0.2, -0.15) is 0 Å². The summed E-state index contributed by atoms with van der Waals surface area (Å²) in [4.78, 5) is 13.4. The summed E-state index contributed by atoms with van der Waals surface area (Å²) < 4.78 is 21.5. The van der Waals surface area contributed by atoms with Crippen molar-refractivity contribution in [1.82, 2.24) is 0 Å². The molecule has 35 heavy (non-hydrogen) atoms. The second-order valence-electron chi connectivity index (χ2n) is 7.76. The number of methoxy groups -OCH3 is 1. The quantitative estimate of drug-likeness (QED) is 0.209. The van der Waals surface area contributed by atoms with Crippen LogP contribution in [0.25, 0.3) is 22.3 Å². The number of aromatic hydroxyl groups is 4. The Morgan fingerprint density at radius 1 is 0.943 bits per heavy atom. The molecule has 2 aromatic carbocycles. The predicted octanol–water partition coefficient (Wildman–Crippen LogP) is -0.530. The third kappa shape index (κ3) is 4.05. The lowest BCUT2D eigenvalue weighted by molar-refractivity contribution is -0.277. The topological polar surface area (TPSA) is 220 Å². The first kappa shape index (κ1) is 24.4. The molecule has 0 bridgehead atoms. The average molecular weight is 494 g/mol. The fourth-order valence-electron chi connectivity index (χ4n) is 3.68. The number of rotatable bonds is 5. The van der Waals surface area contributed by atoms with Crippen LogP contribution in [0, 0.1) is 0 Å². The molecule has 1 saturated heterocycles. The molecule has 5 atom stereocenters. The molecule has 0 spiro atoms. The van der Waals surface area contributed by atoms with Crippen LogP contribution in [0.3, 0.4) is 0 Å². The van der Waals surface area contributed by atoms with Gasteiger partial charge in [-0.25, -0.2) is 0 Å². The molecule has 2 heterocycles. The summed E-state index contributed by atoms with van der Waals surface area (Å²) in [7, 11) is 1.20. The summed E-state index contributed by atoms with van der Waals surface area (Å²) in [6.45, 7) is -0.760. The SMILES string of the molecule is COc1cc2oc(-c3ccc(O)c(O)c3)c(O[C@H]3O[C@H](CO)[C@@H](O)C(O)C3O)c(=O)c2c(O)c1O. The Hall–Kier alpha value is -3.75. The van der Waals surface area contributed by atoms with E-state index in [4.69, 9.17) is 18.6 Å². The number of phenolic OH excluding ortho intramolecular Hbond substituents is 4. The summed E-state index contributed by atoms with van der Waals surface area (Å²) in [6, 6.07) is 4.52. The molecule has 13 nitrogen and oxygen atoms in total. The van der Waals surface area contributed by atoms with Crippen molar-refractivity contribution in [3.63, 3.8) is 0 Å². The Kier molecular flexibility index (Phi) is 6.36. The van der Waals surface area contributed by atoms with Gasteiger partial charge in [-0.05, 0) is 18.2 Å². The number of fused-ring (bicyclic) bond motifs is 1. The highest BCUT2D eigenvalue weighted by molar-refractivity contribution is 5.91. The fourth-order valence-corrected chi connectivity index (χ4v) is 3.68. The number of phenols is 4. The van der Waals surface area contributed by atoms with Crippen molar-refractivity contribution < 1.29 is 59.5 Å². The summed E-state index contributed by atoms with van der Waals surface area (Å²) in [5, 5.41) is 79.4. The van der Waals surface area contributed by atoms with Gasteiger partial charge < -0.3 is 59.5 Å². The van der Waals surface area contributed by atoms with Gasteiger partial charge in [-0.15, -0.1) is 0 Å². The number of hydrogen-bond acceptors (Lipinski definition) is 13. The molecule has 0 aliphatic carbocycles. The highest BCUT2D eigenvalue weighted by Crippen LogP contribution is 2.44. The van der Waals surface area contributed by atoms with E-state index in [-0.39, 0.29) is 22.7 Å². The van der Waals surface area contributed by atoms with Crippen LogP contribution in [0.1, 0.15) is 0 Å². The number of hydrogen-bond donors (Lipinski definition) is 8. The number of aliphatic hydroxyl groups is 4. The van der Waals surface area contributed by atoms with Crippen LogP contribution in [0.5, 0.6) is 34.5 Å². The van der Waals surface area contributed by atoms with E-state index in [1.165, 1.54) is 13.2 Å². The van der Waals surface area contributed by atoms with Crippen LogP contribution in [0.15, 0.2) is 33.5 Å². The van der Waals surface area contributed by atoms with E-state index < -0.39 is 76.9 Å². The van der Waals surface area contributed by atoms with Gasteiger partial charge in [0.15, 0.2) is 28.8 Å². The maximum Gasteiger partial charge on any atom is 0.239 e. The van der Waals surface area contributed by atoms with Gasteiger partial charge >= 0.3 is 0 Å². The van der Waals surface area contributed by atoms with E-state index in [1.807, 2.05) is 0 Å². The first-order valence-electron chi connectivity index (χ1n) is 10.2. The third-order valence-electron chi connectivity index (χ3n) is 5.59. The lowest BCUT2D eigenvalue weighted by Gasteiger charge is -2.39. The number of aliphatic hydroxyl groups excluding tert-OH is 4. The second kappa shape index (κ2) is 9.13. The van der Waals surface area contributed by atoms with E-state index in [1.54, 1.807) is 0 Å². The summed E-state index contributed by atoms with van der Waals surface area (Å²) in [5.41, 5.74) is -1.31. The van der Waals surface area contributed by atoms with E-state index in [2.05, 4.69) is 0 Å². The minimum absolute atomic E-state index is 0.00502. The molecule has 1 aliphatic heterocycles. The van der Waals surface area contributed by atoms with Gasteiger partial charge in [0.05, 0.1) is 13.7 Å². The van der Waals surface area contributed by atoms with Crippen molar-refractivity contribution in [2.75, 3.05) is 13.7 Å². The van der Waals surface area contributed by atoms with Gasteiger partial charge in [-0.3, -0.25) is 4.79 Å². The summed E-state index contributed by atoms with van der Waals surface area (Å²) in [6.07, 6.45) is -8.55. The zero-order valence-corrected chi connectivity index (χ0v) is 18.0. The van der Waals surface area contributed by atoms with Crippen molar-refractivity contribution in [2.45, 2.75) is 30.7 Å². The molecule has 1 fully saturated rings. The van der Waals surface area contributed by atoms with Crippen molar-refractivity contribution in [1.29, 1.82) is 0 Å². The molecule has 0 radical (unpaired) electrons. The van der Waals surface area contributed by atoms with Crippen LogP contribution < -0.4 is 14.9 Å². The van der Waals surface area contributed by atoms with Crippen molar-refractivity contribution >= 4 is 11.0 Å². The Morgan fingerprint density at radius 3 is 2.29 bits per heavy atom. The predicted molar refractivity (Wildman–Crippen MR) is 116 cm³/mol. The van der Waals surface area contributed by atoms with E-state index in [0.717, 1.165) is 18.2 Å². The lowest BCUT2D eigenvalue weighted by atomic mass is 9.99. The Balaban J connectivity index is 1.95. The van der Waals surface area contributed by atoms with E-state index >= 15 is 0 Å². The minimum atomic E-state index is -1.89. The first-order valence-corrected chi connectivity index (χ1v) is 10.2. The van der Waals surface area contributed by atoms with Crippen LogP contribution in [-0.4, -0.2) is 85.3 Å². The molecule has 1 aromatic heterocycles. The average Bonchev–Trinajstić information content (AvgIpc) is 2.84. The van der Waals surface area contributed by atoms with Gasteiger partial charge in [0.2, 0.25) is 23.2 Å². The zero-order valence-electron chi connectivity index (χ0n) is 18.0. The Morgan fingerprint density at radius 2 is 1.66 bits per heavy atom. The molecular weight excluding hydrogens is 472 g/mol. The zero-order chi connectivity index (χ0) is 25.6. The molecule has 13 heteroatoms. The van der Waals surface area contributed by atoms with Crippen molar-refractivity contribution in [2.24, 2.45) is 0 Å². The molecule has 4 rings (SSSR count). The smallest absolute Gasteiger partial charge is 0.239 e. The number of ether oxygens (including phenoxy) is 3. The number of benzene rings is 2. The Labute approximate surface area is 195 Å². The molecule has 2 unspecified atom stereocenters. The monoisotopic (exact) mass is 494 g/mol. The van der Waals surface area contributed by atoms with Crippen LogP contribution in [-0.2, 0) is 4.74 Å². The van der Waals surface area contributed by atoms with Gasteiger partial charge in [0.25, 0.3) is 0 Å². The fraction of sp³-hybridized carbons (Fsp3) is 0.318. The summed E-state index contributed by atoms with van der Waals surface area (Å²) >= 11 is 0. The van der Waals surface area contributed by atoms with Gasteiger partial charge in [-0.1, -0.05) is 0 Å². The normalized spacial score (nSPS) is 24.4. The van der Waals surface area contributed by atoms with Gasteiger partial charge in [0.1, 0.15) is 35.4 Å². The maximum atomic E-state index is 13.4. The minimum Gasteiger partial charge on any atom is -0.504 e. The molecule has 8 N–H and O–H groups in total. The molecule has 0 amide bonds. The van der Waals surface area contributed by atoms with E-state index in [0.29, 0.717) is 0 Å². The van der Waals surface area contributed by atoms with Gasteiger partial charge in [0, 0.05) is 11.6 Å². The van der Waals surface area contributed by atoms with Crippen molar-refractivity contribution in [3.05, 3.63) is 34.5 Å². The highest BCUT2D eigenvalue weighted by Gasteiger charge is 2.45. The third-order valence-corrected chi connectivity index (χ3v) is 5.59. The maximum absolute atomic E-state index is 13.4. The molecule has 1 aliphatic rings. The van der Waals surface area contributed by atoms with Crippen LogP contribution in [0.2, 0.25) is 0 Å². The van der Waals surface area contributed by atoms with Crippen LogP contribution >= 0.6 is 0 Å². The van der Waals surface area contributed by atoms with Crippen LogP contribution in [0.4, 0.5) is 0 Å². The van der Waals surface area contributed by atoms with Crippen molar-refractivity contribution in [3.8, 4) is 45.8 Å². The van der Waals surface area contributed by atoms with E-state index in [9.17, 15) is 45.6 Å². The molecular formula is C22H22O13. The highest BCUT2D eigenvalue weighted by atomic mass is 16.7. The summed E-state index contributed by atoms with van der Waals surface area (Å²) in [5.74, 6) is -3.98. The largest absolute Gasteiger partial charge is 0.504 e. The molecule has 0 saturated carbocycles. The lowest BCUT2D eigenvalue weighted by Crippen LogP contribution is -2.60. The second-order valence-corrected chi connectivity index (χ2v) is 7.76. The standard InChI is InChI=1S/C22H22O13/c1-32-11-5-10-13(16(28)14(11)26)17(29)21(20(33-10)7-2-3-8(24)9(25)4-7)35-22-19(31)18(30)15(27)12(6-23)34-22/h2-5,12,15,18-19,22-28,30-31H,6H2,1H3/t12-,15-,18?,19?,22-/m1/s1. The first-order chi connectivity index (χ1) is 16.6.